The van der Waals surface area contributed by atoms with E-state index in [4.69, 9.17) is 17.3 Å². The Balaban J connectivity index is 1.77. The highest BCUT2D eigenvalue weighted by Gasteiger charge is 2.40. The van der Waals surface area contributed by atoms with Gasteiger partial charge in [-0.05, 0) is 18.9 Å². The third kappa shape index (κ3) is 3.39. The van der Waals surface area contributed by atoms with Crippen molar-refractivity contribution >= 4 is 57.3 Å². The summed E-state index contributed by atoms with van der Waals surface area (Å²) in [6, 6.07) is 7.39. The number of nitrogens with zero attached hydrogens (tertiary/aromatic N) is 2. The summed E-state index contributed by atoms with van der Waals surface area (Å²) in [5.74, 6) is -1.26. The van der Waals surface area contributed by atoms with E-state index >= 15 is 0 Å². The van der Waals surface area contributed by atoms with Crippen molar-refractivity contribution in [2.75, 3.05) is 18.5 Å². The van der Waals surface area contributed by atoms with E-state index in [1.54, 1.807) is 11.9 Å². The number of carboxylic acid groups (broad SMARTS) is 1. The fraction of sp³-hybridized carbons (Fsp3) is 0.333. The first-order valence-electron chi connectivity index (χ1n) is 8.29. The number of thioether (sulfide) groups is 1. The van der Waals surface area contributed by atoms with E-state index < -0.39 is 5.97 Å². The maximum atomic E-state index is 12.8. The second-order valence-electron chi connectivity index (χ2n) is 6.11. The maximum absolute atomic E-state index is 12.8. The molecule has 1 fully saturated rings. The SMILES string of the molecule is CN1C(=O)/C(=C2/SC(=S)N(CCCCCC(=O)O)C2=O)c2ccccc21. The van der Waals surface area contributed by atoms with E-state index in [9.17, 15) is 14.4 Å². The van der Waals surface area contributed by atoms with Crippen LogP contribution < -0.4 is 4.90 Å². The van der Waals surface area contributed by atoms with Crippen molar-refractivity contribution in [3.8, 4) is 0 Å². The van der Waals surface area contributed by atoms with Crippen LogP contribution in [-0.2, 0) is 14.4 Å². The number of thiocarbonyl (C=S) groups is 1. The Labute approximate surface area is 160 Å². The highest BCUT2D eigenvalue weighted by atomic mass is 32.2. The third-order valence-corrected chi connectivity index (χ3v) is 5.85. The van der Waals surface area contributed by atoms with Crippen LogP contribution in [0.3, 0.4) is 0 Å². The smallest absolute Gasteiger partial charge is 0.303 e. The summed E-state index contributed by atoms with van der Waals surface area (Å²) in [6.07, 6.45) is 2.08. The zero-order chi connectivity index (χ0) is 18.8. The van der Waals surface area contributed by atoms with Gasteiger partial charge in [-0.25, -0.2) is 0 Å². The Bertz CT molecular complexity index is 834. The van der Waals surface area contributed by atoms with Crippen molar-refractivity contribution in [1.29, 1.82) is 0 Å². The van der Waals surface area contributed by atoms with Crippen LogP contribution in [0.25, 0.3) is 5.57 Å². The normalized spacial score (nSPS) is 19.5. The highest BCUT2D eigenvalue weighted by molar-refractivity contribution is 8.26. The van der Waals surface area contributed by atoms with Crippen LogP contribution in [0.15, 0.2) is 29.2 Å². The molecule has 0 radical (unpaired) electrons. The van der Waals surface area contributed by atoms with Crippen LogP contribution in [-0.4, -0.2) is 45.7 Å². The second kappa shape index (κ2) is 7.59. The summed E-state index contributed by atoms with van der Waals surface area (Å²) in [4.78, 5) is 39.5. The van der Waals surface area contributed by atoms with E-state index in [2.05, 4.69) is 0 Å². The molecule has 2 aliphatic rings. The number of hydrogen-bond donors (Lipinski definition) is 1. The van der Waals surface area contributed by atoms with Gasteiger partial charge in [-0.3, -0.25) is 19.3 Å². The summed E-state index contributed by atoms with van der Waals surface area (Å²) in [7, 11) is 1.69. The molecule has 0 aliphatic carbocycles. The Hall–Kier alpha value is -2.19. The number of fused-ring (bicyclic) bond motifs is 1. The molecule has 0 atom stereocenters. The average molecular weight is 390 g/mol. The predicted octanol–water partition coefficient (Wildman–Crippen LogP) is 2.88. The Morgan fingerprint density at radius 2 is 1.88 bits per heavy atom. The first kappa shape index (κ1) is 18.6. The molecule has 1 saturated heterocycles. The third-order valence-electron chi connectivity index (χ3n) is 4.40. The molecular weight excluding hydrogens is 372 g/mol. The van der Waals surface area contributed by atoms with E-state index in [-0.39, 0.29) is 18.2 Å². The average Bonchev–Trinajstić information content (AvgIpc) is 3.02. The molecule has 2 aliphatic heterocycles. The van der Waals surface area contributed by atoms with Crippen molar-refractivity contribution < 1.29 is 19.5 Å². The summed E-state index contributed by atoms with van der Waals surface area (Å²) < 4.78 is 0.440. The molecule has 0 aromatic heterocycles. The van der Waals surface area contributed by atoms with E-state index in [0.717, 1.165) is 23.0 Å². The largest absolute Gasteiger partial charge is 0.481 e. The van der Waals surface area contributed by atoms with E-state index in [1.165, 1.54) is 4.90 Å². The number of carbonyl (C=O) groups excluding carboxylic acids is 2. The van der Waals surface area contributed by atoms with E-state index in [0.29, 0.717) is 40.6 Å². The topological polar surface area (TPSA) is 77.9 Å². The maximum Gasteiger partial charge on any atom is 0.303 e. The number of hydrogen-bond acceptors (Lipinski definition) is 5. The molecule has 2 heterocycles. The molecule has 1 aromatic rings. The molecule has 0 unspecified atom stereocenters. The van der Waals surface area contributed by atoms with Gasteiger partial charge in [0.15, 0.2) is 0 Å². The van der Waals surface area contributed by atoms with E-state index in [1.807, 2.05) is 24.3 Å². The number of aliphatic carboxylic acids is 1. The summed E-state index contributed by atoms with van der Waals surface area (Å²) in [6.45, 7) is 0.437. The fourth-order valence-corrected chi connectivity index (χ4v) is 4.43. The molecule has 0 saturated carbocycles. The second-order valence-corrected chi connectivity index (χ2v) is 7.76. The first-order chi connectivity index (χ1) is 12.4. The lowest BCUT2D eigenvalue weighted by Gasteiger charge is -2.14. The summed E-state index contributed by atoms with van der Waals surface area (Å²) in [5.41, 5.74) is 1.95. The summed E-state index contributed by atoms with van der Waals surface area (Å²) >= 11 is 6.49. The number of para-hydroxylation sites is 1. The minimum atomic E-state index is -0.817. The van der Waals surface area contributed by atoms with Gasteiger partial charge in [0.25, 0.3) is 11.8 Å². The molecule has 6 nitrogen and oxygen atoms in total. The molecule has 1 N–H and O–H groups in total. The van der Waals surface area contributed by atoms with Crippen molar-refractivity contribution in [2.45, 2.75) is 25.7 Å². The molecule has 3 rings (SSSR count). The molecule has 2 amide bonds. The van der Waals surface area contributed by atoms with Crippen LogP contribution in [0.1, 0.15) is 31.2 Å². The number of benzene rings is 1. The highest BCUT2D eigenvalue weighted by Crippen LogP contribution is 2.43. The molecule has 0 spiro atoms. The minimum absolute atomic E-state index is 0.125. The zero-order valence-electron chi connectivity index (χ0n) is 14.2. The monoisotopic (exact) mass is 390 g/mol. The fourth-order valence-electron chi connectivity index (χ4n) is 3.05. The Morgan fingerprint density at radius 1 is 1.15 bits per heavy atom. The number of carboxylic acids is 1. The number of rotatable bonds is 6. The van der Waals surface area contributed by atoms with Gasteiger partial charge >= 0.3 is 5.97 Å². The molecule has 136 valence electrons. The number of anilines is 1. The van der Waals surface area contributed by atoms with Gasteiger partial charge < -0.3 is 10.0 Å². The van der Waals surface area contributed by atoms with Crippen LogP contribution in [0, 0.1) is 0 Å². The van der Waals surface area contributed by atoms with Gasteiger partial charge in [-0.15, -0.1) is 0 Å². The Morgan fingerprint density at radius 3 is 2.62 bits per heavy atom. The van der Waals surface area contributed by atoms with Crippen molar-refractivity contribution in [2.24, 2.45) is 0 Å². The number of carbonyl (C=O) groups is 3. The lowest BCUT2D eigenvalue weighted by Crippen LogP contribution is -2.29. The zero-order valence-corrected chi connectivity index (χ0v) is 15.9. The summed E-state index contributed by atoms with van der Waals surface area (Å²) in [5, 5.41) is 8.66. The molecule has 1 aromatic carbocycles. The predicted molar refractivity (Wildman–Crippen MR) is 105 cm³/mol. The standard InChI is InChI=1S/C18H18N2O4S2/c1-19-12-8-5-4-7-11(12)14(16(19)23)15-17(24)20(18(25)26-15)10-6-2-3-9-13(21)22/h4-5,7-8H,2-3,6,9-10H2,1H3,(H,21,22)/b15-14+. The van der Waals surface area contributed by atoms with Crippen LogP contribution in [0.4, 0.5) is 5.69 Å². The van der Waals surface area contributed by atoms with Gasteiger partial charge in [0.2, 0.25) is 0 Å². The molecule has 26 heavy (non-hydrogen) atoms. The van der Waals surface area contributed by atoms with Crippen molar-refractivity contribution in [1.82, 2.24) is 4.90 Å². The number of likely N-dealkylation sites (N-methyl/N-ethyl adjacent to an activating group) is 1. The number of amides is 2. The van der Waals surface area contributed by atoms with Gasteiger partial charge in [0, 0.05) is 25.6 Å². The van der Waals surface area contributed by atoms with Crippen LogP contribution in [0.5, 0.6) is 0 Å². The van der Waals surface area contributed by atoms with Gasteiger partial charge in [-0.1, -0.05) is 48.6 Å². The van der Waals surface area contributed by atoms with Gasteiger partial charge in [0.1, 0.15) is 4.32 Å². The van der Waals surface area contributed by atoms with Crippen LogP contribution in [0.2, 0.25) is 0 Å². The molecular formula is C18H18N2O4S2. The Kier molecular flexibility index (Phi) is 5.43. The lowest BCUT2D eigenvalue weighted by molar-refractivity contribution is -0.137. The molecule has 8 heteroatoms. The lowest BCUT2D eigenvalue weighted by atomic mass is 10.1. The van der Waals surface area contributed by atoms with Crippen molar-refractivity contribution in [3.63, 3.8) is 0 Å². The molecule has 0 bridgehead atoms. The number of unbranched alkanes of at least 4 members (excludes halogenated alkanes) is 2. The van der Waals surface area contributed by atoms with Crippen LogP contribution >= 0.6 is 24.0 Å². The quantitative estimate of drug-likeness (QED) is 0.457. The van der Waals surface area contributed by atoms with Gasteiger partial charge in [-0.2, -0.15) is 0 Å². The van der Waals surface area contributed by atoms with Gasteiger partial charge in [0.05, 0.1) is 16.2 Å². The van der Waals surface area contributed by atoms with Crippen molar-refractivity contribution in [3.05, 3.63) is 34.7 Å². The first-order valence-corrected chi connectivity index (χ1v) is 9.51. The minimum Gasteiger partial charge on any atom is -0.481 e.